The maximum Gasteiger partial charge on any atom is 0.254 e. The van der Waals surface area contributed by atoms with E-state index in [1.165, 1.54) is 0 Å². The molecule has 4 rings (SSSR count). The van der Waals surface area contributed by atoms with E-state index in [1.54, 1.807) is 23.1 Å². The second kappa shape index (κ2) is 6.00. The third kappa shape index (κ3) is 2.70. The Morgan fingerprint density at radius 1 is 1.04 bits per heavy atom. The molecule has 0 saturated carbocycles. The molecule has 0 spiro atoms. The largest absolute Gasteiger partial charge is 0.454 e. The van der Waals surface area contributed by atoms with Crippen LogP contribution in [-0.2, 0) is 4.79 Å². The molecule has 1 aromatic rings. The van der Waals surface area contributed by atoms with E-state index >= 15 is 0 Å². The van der Waals surface area contributed by atoms with Gasteiger partial charge in [-0.15, -0.1) is 0 Å². The molecular formula is C18H22N2O4. The highest BCUT2D eigenvalue weighted by molar-refractivity contribution is 5.96. The number of amides is 2. The summed E-state index contributed by atoms with van der Waals surface area (Å²) >= 11 is 0. The number of nitrogens with zero attached hydrogens (tertiary/aromatic N) is 2. The number of piperidine rings is 1. The van der Waals surface area contributed by atoms with E-state index < -0.39 is 0 Å². The van der Waals surface area contributed by atoms with Crippen molar-refractivity contribution in [3.63, 3.8) is 0 Å². The quantitative estimate of drug-likeness (QED) is 0.829. The molecule has 2 saturated heterocycles. The Morgan fingerprint density at radius 3 is 2.50 bits per heavy atom. The van der Waals surface area contributed by atoms with E-state index in [-0.39, 0.29) is 24.5 Å². The minimum absolute atomic E-state index is 0.0450. The van der Waals surface area contributed by atoms with Gasteiger partial charge in [0.05, 0.1) is 5.92 Å². The summed E-state index contributed by atoms with van der Waals surface area (Å²) in [4.78, 5) is 28.7. The van der Waals surface area contributed by atoms with Crippen LogP contribution in [-0.4, -0.2) is 54.6 Å². The molecule has 0 radical (unpaired) electrons. The van der Waals surface area contributed by atoms with Crippen LogP contribution in [0.3, 0.4) is 0 Å². The molecule has 3 aliphatic rings. The molecular weight excluding hydrogens is 308 g/mol. The van der Waals surface area contributed by atoms with E-state index in [4.69, 9.17) is 9.47 Å². The Bertz CT molecular complexity index is 661. The highest BCUT2D eigenvalue weighted by Gasteiger charge is 2.39. The summed E-state index contributed by atoms with van der Waals surface area (Å²) in [7, 11) is 0. The number of rotatable bonds is 2. The topological polar surface area (TPSA) is 59.1 Å². The Kier molecular flexibility index (Phi) is 3.82. The van der Waals surface area contributed by atoms with Gasteiger partial charge in [0.15, 0.2) is 11.5 Å². The predicted molar refractivity (Wildman–Crippen MR) is 86.9 cm³/mol. The van der Waals surface area contributed by atoms with Gasteiger partial charge in [0.1, 0.15) is 0 Å². The fraction of sp³-hybridized carbons (Fsp3) is 0.556. The molecule has 3 aliphatic heterocycles. The van der Waals surface area contributed by atoms with Crippen molar-refractivity contribution in [3.05, 3.63) is 23.8 Å². The number of fused-ring (bicyclic) bond motifs is 1. The Labute approximate surface area is 141 Å². The maximum absolute atomic E-state index is 12.5. The average molecular weight is 330 g/mol. The van der Waals surface area contributed by atoms with Gasteiger partial charge in [-0.3, -0.25) is 9.59 Å². The summed E-state index contributed by atoms with van der Waals surface area (Å²) < 4.78 is 10.6. The van der Waals surface area contributed by atoms with Gasteiger partial charge in [-0.1, -0.05) is 6.92 Å². The van der Waals surface area contributed by atoms with Crippen LogP contribution in [0.5, 0.6) is 11.5 Å². The van der Waals surface area contributed by atoms with Crippen molar-refractivity contribution in [2.45, 2.75) is 19.8 Å². The molecule has 24 heavy (non-hydrogen) atoms. The molecule has 6 nitrogen and oxygen atoms in total. The highest BCUT2D eigenvalue weighted by atomic mass is 16.7. The third-order valence-electron chi connectivity index (χ3n) is 5.23. The smallest absolute Gasteiger partial charge is 0.254 e. The summed E-state index contributed by atoms with van der Waals surface area (Å²) in [6, 6.07) is 5.22. The first-order valence-corrected chi connectivity index (χ1v) is 8.59. The average Bonchev–Trinajstić information content (AvgIpc) is 3.01. The predicted octanol–water partition coefficient (Wildman–Crippen LogP) is 1.75. The molecule has 128 valence electrons. The molecule has 0 N–H and O–H groups in total. The van der Waals surface area contributed by atoms with Gasteiger partial charge in [0.2, 0.25) is 12.7 Å². The zero-order valence-electron chi connectivity index (χ0n) is 13.9. The molecule has 0 aromatic heterocycles. The molecule has 2 amide bonds. The van der Waals surface area contributed by atoms with Crippen LogP contribution >= 0.6 is 0 Å². The molecule has 3 heterocycles. The number of carbonyl (C=O) groups excluding carboxylic acids is 2. The number of carbonyl (C=O) groups is 2. The standard InChI is InChI=1S/C18H22N2O4/c1-12-4-6-19(7-5-12)18(22)14-9-20(10-14)17(21)13-2-3-15-16(8-13)24-11-23-15/h2-3,8,12,14H,4-7,9-11H2,1H3. The lowest BCUT2D eigenvalue weighted by atomic mass is 9.94. The lowest BCUT2D eigenvalue weighted by Crippen LogP contribution is -2.57. The minimum atomic E-state index is -0.0513. The lowest BCUT2D eigenvalue weighted by molar-refractivity contribution is -0.141. The maximum atomic E-state index is 12.5. The van der Waals surface area contributed by atoms with Crippen LogP contribution in [0.25, 0.3) is 0 Å². The summed E-state index contributed by atoms with van der Waals surface area (Å²) in [6.07, 6.45) is 2.16. The van der Waals surface area contributed by atoms with Gasteiger partial charge in [0.25, 0.3) is 5.91 Å². The van der Waals surface area contributed by atoms with Crippen molar-refractivity contribution < 1.29 is 19.1 Å². The molecule has 0 unspecified atom stereocenters. The van der Waals surface area contributed by atoms with E-state index in [0.717, 1.165) is 25.9 Å². The van der Waals surface area contributed by atoms with Gasteiger partial charge in [-0.25, -0.2) is 0 Å². The van der Waals surface area contributed by atoms with Gasteiger partial charge >= 0.3 is 0 Å². The van der Waals surface area contributed by atoms with Gasteiger partial charge < -0.3 is 19.3 Å². The first-order valence-electron chi connectivity index (χ1n) is 8.59. The van der Waals surface area contributed by atoms with E-state index in [2.05, 4.69) is 6.92 Å². The summed E-state index contributed by atoms with van der Waals surface area (Å²) in [5.41, 5.74) is 0.581. The second-order valence-corrected chi connectivity index (χ2v) is 6.98. The zero-order chi connectivity index (χ0) is 16.7. The van der Waals surface area contributed by atoms with Gasteiger partial charge in [0, 0.05) is 31.7 Å². The normalized spacial score (nSPS) is 20.9. The Morgan fingerprint density at radius 2 is 1.75 bits per heavy atom. The van der Waals surface area contributed by atoms with E-state index in [0.29, 0.717) is 36.1 Å². The first-order chi connectivity index (χ1) is 11.6. The van der Waals surface area contributed by atoms with E-state index in [1.807, 2.05) is 4.90 Å². The lowest BCUT2D eigenvalue weighted by Gasteiger charge is -2.42. The first kappa shape index (κ1) is 15.3. The van der Waals surface area contributed by atoms with Crippen LogP contribution in [0.1, 0.15) is 30.1 Å². The molecule has 0 atom stereocenters. The van der Waals surface area contributed by atoms with Crippen molar-refractivity contribution in [2.24, 2.45) is 11.8 Å². The number of hydrogen-bond donors (Lipinski definition) is 0. The summed E-state index contributed by atoms with van der Waals surface area (Å²) in [5.74, 6) is 2.09. The SMILES string of the molecule is CC1CCN(C(=O)C2CN(C(=O)c3ccc4c(c3)OCO4)C2)CC1. The second-order valence-electron chi connectivity index (χ2n) is 6.98. The van der Waals surface area contributed by atoms with Crippen molar-refractivity contribution in [1.82, 2.24) is 9.80 Å². The Hall–Kier alpha value is -2.24. The van der Waals surface area contributed by atoms with Crippen LogP contribution in [0.2, 0.25) is 0 Å². The molecule has 0 bridgehead atoms. The van der Waals surface area contributed by atoms with Crippen LogP contribution in [0.15, 0.2) is 18.2 Å². The van der Waals surface area contributed by atoms with Crippen molar-refractivity contribution >= 4 is 11.8 Å². The van der Waals surface area contributed by atoms with Crippen molar-refractivity contribution in [1.29, 1.82) is 0 Å². The van der Waals surface area contributed by atoms with Crippen LogP contribution in [0.4, 0.5) is 0 Å². The van der Waals surface area contributed by atoms with Crippen molar-refractivity contribution in [2.75, 3.05) is 33.0 Å². The highest BCUT2D eigenvalue weighted by Crippen LogP contribution is 2.33. The molecule has 6 heteroatoms. The summed E-state index contributed by atoms with van der Waals surface area (Å²) in [6.45, 7) is 5.16. The van der Waals surface area contributed by atoms with Crippen LogP contribution < -0.4 is 9.47 Å². The monoisotopic (exact) mass is 330 g/mol. The molecule has 1 aromatic carbocycles. The number of benzene rings is 1. The molecule has 2 fully saturated rings. The summed E-state index contributed by atoms with van der Waals surface area (Å²) in [5, 5.41) is 0. The van der Waals surface area contributed by atoms with Gasteiger partial charge in [-0.2, -0.15) is 0 Å². The minimum Gasteiger partial charge on any atom is -0.454 e. The number of likely N-dealkylation sites (tertiary alicyclic amines) is 2. The van der Waals surface area contributed by atoms with E-state index in [9.17, 15) is 9.59 Å². The number of ether oxygens (including phenoxy) is 2. The third-order valence-corrected chi connectivity index (χ3v) is 5.23. The fourth-order valence-corrected chi connectivity index (χ4v) is 3.50. The van der Waals surface area contributed by atoms with Gasteiger partial charge in [-0.05, 0) is 37.0 Å². The van der Waals surface area contributed by atoms with Crippen LogP contribution in [0, 0.1) is 11.8 Å². The molecule has 0 aliphatic carbocycles. The zero-order valence-corrected chi connectivity index (χ0v) is 13.9. The fourth-order valence-electron chi connectivity index (χ4n) is 3.50. The number of hydrogen-bond acceptors (Lipinski definition) is 4. The van der Waals surface area contributed by atoms with Crippen molar-refractivity contribution in [3.8, 4) is 11.5 Å². The Balaban J connectivity index is 1.33.